The molecule has 8 heteroatoms. The zero-order valence-electron chi connectivity index (χ0n) is 16.9. The van der Waals surface area contributed by atoms with Gasteiger partial charge in [-0.2, -0.15) is 5.10 Å². The number of alkyl halides is 2. The maximum atomic E-state index is 14.5. The smallest absolute Gasteiger partial charge is 0.267 e. The van der Waals surface area contributed by atoms with Crippen LogP contribution in [0.1, 0.15) is 18.5 Å². The van der Waals surface area contributed by atoms with E-state index in [2.05, 4.69) is 17.3 Å². The molecule has 31 heavy (non-hydrogen) atoms. The molecule has 1 aliphatic heterocycles. The summed E-state index contributed by atoms with van der Waals surface area (Å²) in [7, 11) is 0. The number of nitrogens with one attached hydrogen (secondary N) is 1. The van der Waals surface area contributed by atoms with Crippen molar-refractivity contribution >= 4 is 11.6 Å². The van der Waals surface area contributed by atoms with E-state index in [-0.39, 0.29) is 25.4 Å². The van der Waals surface area contributed by atoms with Gasteiger partial charge in [0, 0.05) is 17.5 Å². The van der Waals surface area contributed by atoms with Gasteiger partial charge in [-0.3, -0.25) is 9.48 Å². The van der Waals surface area contributed by atoms with Crippen LogP contribution in [0.3, 0.4) is 0 Å². The fraction of sp³-hybridized carbons (Fsp3) is 0.261. The van der Waals surface area contributed by atoms with E-state index in [1.807, 2.05) is 0 Å². The number of fused-ring (bicyclic) bond motifs is 1. The lowest BCUT2D eigenvalue weighted by molar-refractivity contribution is -0.118. The van der Waals surface area contributed by atoms with Gasteiger partial charge in [0.15, 0.2) is 6.61 Å². The highest BCUT2D eigenvalue weighted by Gasteiger charge is 2.31. The van der Waals surface area contributed by atoms with Crippen LogP contribution < -0.4 is 10.1 Å². The number of nitrogens with zero attached hydrogens (tertiary/aromatic N) is 2. The van der Waals surface area contributed by atoms with Gasteiger partial charge in [-0.15, -0.1) is 0 Å². The van der Waals surface area contributed by atoms with Gasteiger partial charge in [-0.05, 0) is 55.3 Å². The van der Waals surface area contributed by atoms with Crippen molar-refractivity contribution in [2.24, 2.45) is 0 Å². The summed E-state index contributed by atoms with van der Waals surface area (Å²) >= 11 is 0. The van der Waals surface area contributed by atoms with Crippen LogP contribution in [-0.4, -0.2) is 28.2 Å². The molecular weight excluding hydrogens is 407 g/mol. The third-order valence-electron chi connectivity index (χ3n) is 5.07. The van der Waals surface area contributed by atoms with Crippen LogP contribution in [0.2, 0.25) is 0 Å². The Balaban J connectivity index is 1.87. The molecule has 0 fully saturated rings. The predicted octanol–water partition coefficient (Wildman–Crippen LogP) is 5.25. The molecule has 1 amide bonds. The molecule has 2 heterocycles. The minimum atomic E-state index is -3.00. The summed E-state index contributed by atoms with van der Waals surface area (Å²) in [5.74, 6) is -3.17. The molecule has 4 rings (SSSR count). The highest BCUT2D eigenvalue weighted by molar-refractivity contribution is 5.97. The largest absolute Gasteiger partial charge is 0.482 e. The van der Waals surface area contributed by atoms with Crippen molar-refractivity contribution in [1.82, 2.24) is 9.78 Å². The van der Waals surface area contributed by atoms with Crippen molar-refractivity contribution < 1.29 is 22.7 Å². The number of carbonyl (C=O) groups excluding carboxylic acids is 1. The quantitative estimate of drug-likeness (QED) is 0.584. The maximum Gasteiger partial charge on any atom is 0.267 e. The zero-order chi connectivity index (χ0) is 22.2. The molecule has 161 valence electrons. The second kappa shape index (κ2) is 8.09. The summed E-state index contributed by atoms with van der Waals surface area (Å²) in [6, 6.07) is 10.9. The molecule has 3 aromatic rings. The second-order valence-electron chi connectivity index (χ2n) is 7.48. The molecule has 0 unspecified atom stereocenters. The van der Waals surface area contributed by atoms with Crippen molar-refractivity contribution in [3.8, 4) is 28.1 Å². The first-order chi connectivity index (χ1) is 14.8. The van der Waals surface area contributed by atoms with Gasteiger partial charge in [0.2, 0.25) is 0 Å². The predicted molar refractivity (Wildman–Crippen MR) is 111 cm³/mol. The van der Waals surface area contributed by atoms with E-state index in [1.54, 1.807) is 25.1 Å². The molecule has 1 radical (unpaired) electrons. The molecule has 0 saturated heterocycles. The fourth-order valence-electron chi connectivity index (χ4n) is 3.74. The van der Waals surface area contributed by atoms with Crippen LogP contribution >= 0.6 is 0 Å². The number of ether oxygens (including phenoxy) is 1. The van der Waals surface area contributed by atoms with E-state index in [9.17, 15) is 18.0 Å². The molecule has 1 aliphatic rings. The molecule has 1 aromatic heterocycles. The molecule has 0 spiro atoms. The van der Waals surface area contributed by atoms with E-state index in [4.69, 9.17) is 4.74 Å². The van der Waals surface area contributed by atoms with Crippen molar-refractivity contribution in [3.05, 3.63) is 60.9 Å². The Morgan fingerprint density at radius 1 is 1.19 bits per heavy atom. The Labute approximate surface area is 177 Å². The summed E-state index contributed by atoms with van der Waals surface area (Å²) in [5.41, 5.74) is 3.33. The van der Waals surface area contributed by atoms with Crippen molar-refractivity contribution in [1.29, 1.82) is 0 Å². The third-order valence-corrected chi connectivity index (χ3v) is 5.07. The van der Waals surface area contributed by atoms with Crippen LogP contribution in [0.4, 0.5) is 18.9 Å². The van der Waals surface area contributed by atoms with E-state index in [1.165, 1.54) is 28.9 Å². The average Bonchev–Trinajstić information content (AvgIpc) is 3.02. The van der Waals surface area contributed by atoms with Gasteiger partial charge in [0.25, 0.3) is 11.8 Å². The van der Waals surface area contributed by atoms with Gasteiger partial charge in [-0.25, -0.2) is 13.2 Å². The summed E-state index contributed by atoms with van der Waals surface area (Å²) in [6.45, 7) is 4.56. The minimum Gasteiger partial charge on any atom is -0.482 e. The number of rotatable bonds is 6. The molecule has 2 aromatic carbocycles. The van der Waals surface area contributed by atoms with E-state index in [0.717, 1.165) is 0 Å². The van der Waals surface area contributed by atoms with Crippen molar-refractivity contribution in [2.75, 3.05) is 11.9 Å². The Kier molecular flexibility index (Phi) is 5.47. The molecule has 0 bridgehead atoms. The van der Waals surface area contributed by atoms with Crippen LogP contribution in [-0.2, 0) is 11.3 Å². The number of benzene rings is 2. The molecule has 0 atom stereocenters. The molecular formula is C23H21F3N3O2. The number of aryl methyl sites for hydroxylation is 1. The number of aromatic nitrogens is 2. The lowest BCUT2D eigenvalue weighted by Gasteiger charge is -2.19. The van der Waals surface area contributed by atoms with Crippen molar-refractivity contribution in [3.63, 3.8) is 0 Å². The monoisotopic (exact) mass is 428 g/mol. The SMILES string of the molecule is [CH2]CCC(F)(F)Cn1nc(C)c(-c2ccc3c(c2)NC(=O)CO3)c1-c1ccc(F)cc1. The van der Waals surface area contributed by atoms with E-state index >= 15 is 0 Å². The highest BCUT2D eigenvalue weighted by atomic mass is 19.3. The Morgan fingerprint density at radius 2 is 1.90 bits per heavy atom. The normalized spacial score (nSPS) is 13.5. The molecule has 5 nitrogen and oxygen atoms in total. The second-order valence-corrected chi connectivity index (χ2v) is 7.48. The van der Waals surface area contributed by atoms with Gasteiger partial charge in [0.1, 0.15) is 18.1 Å². The number of amides is 1. The Hall–Kier alpha value is -3.29. The topological polar surface area (TPSA) is 56.2 Å². The lowest BCUT2D eigenvalue weighted by atomic mass is 9.98. The minimum absolute atomic E-state index is 0.0640. The number of carbonyl (C=O) groups is 1. The molecule has 0 saturated carbocycles. The summed E-state index contributed by atoms with van der Waals surface area (Å²) in [5, 5.41) is 7.13. The third kappa shape index (κ3) is 4.28. The highest BCUT2D eigenvalue weighted by Crippen LogP contribution is 2.40. The Bertz CT molecular complexity index is 1120. The van der Waals surface area contributed by atoms with Gasteiger partial charge in [-0.1, -0.05) is 13.0 Å². The molecule has 0 aliphatic carbocycles. The first-order valence-corrected chi connectivity index (χ1v) is 9.85. The van der Waals surface area contributed by atoms with Gasteiger partial charge >= 0.3 is 0 Å². The van der Waals surface area contributed by atoms with Crippen LogP contribution in [0.5, 0.6) is 5.75 Å². The lowest BCUT2D eigenvalue weighted by Crippen LogP contribution is -2.25. The number of hydrogen-bond acceptors (Lipinski definition) is 3. The Morgan fingerprint density at radius 3 is 2.61 bits per heavy atom. The van der Waals surface area contributed by atoms with E-state index in [0.29, 0.717) is 39.5 Å². The summed E-state index contributed by atoms with van der Waals surface area (Å²) in [4.78, 5) is 11.7. The summed E-state index contributed by atoms with van der Waals surface area (Å²) < 4.78 is 49.1. The fourth-order valence-corrected chi connectivity index (χ4v) is 3.74. The van der Waals surface area contributed by atoms with Crippen LogP contribution in [0.25, 0.3) is 22.4 Å². The number of anilines is 1. The first-order valence-electron chi connectivity index (χ1n) is 9.85. The summed E-state index contributed by atoms with van der Waals surface area (Å²) in [6.07, 6.45) is -0.275. The maximum absolute atomic E-state index is 14.5. The van der Waals surface area contributed by atoms with E-state index < -0.39 is 18.3 Å². The number of halogens is 3. The first kappa shape index (κ1) is 21.0. The molecule has 1 N–H and O–H groups in total. The van der Waals surface area contributed by atoms with Crippen molar-refractivity contribution in [2.45, 2.75) is 32.2 Å². The van der Waals surface area contributed by atoms with Gasteiger partial charge < -0.3 is 10.1 Å². The zero-order valence-corrected chi connectivity index (χ0v) is 16.9. The van der Waals surface area contributed by atoms with Crippen LogP contribution in [0, 0.1) is 19.7 Å². The average molecular weight is 428 g/mol. The number of hydrogen-bond donors (Lipinski definition) is 1. The van der Waals surface area contributed by atoms with Crippen LogP contribution in [0.15, 0.2) is 42.5 Å². The standard InChI is InChI=1S/C23H21F3N3O2/c1-3-10-23(25,26)13-29-22(15-4-7-17(24)8-5-15)21(14(2)28-29)16-6-9-19-18(11-16)27-20(30)12-31-19/h4-9,11H,1,3,10,12-13H2,2H3,(H,27,30). The van der Waals surface area contributed by atoms with Gasteiger partial charge in [0.05, 0.1) is 17.1 Å².